The molecule has 2 atom stereocenters. The Bertz CT molecular complexity index is 2050. The number of benzene rings is 2. The summed E-state index contributed by atoms with van der Waals surface area (Å²) < 4.78 is 52.6. The minimum Gasteiger partial charge on any atom is -0.364 e. The molecule has 2 aromatic rings. The molecule has 2 aromatic carbocycles. The van der Waals surface area contributed by atoms with Crippen molar-refractivity contribution in [1.82, 2.24) is 0 Å². The van der Waals surface area contributed by atoms with E-state index in [1.165, 1.54) is 16.7 Å². The van der Waals surface area contributed by atoms with Crippen molar-refractivity contribution in [3.63, 3.8) is 0 Å². The van der Waals surface area contributed by atoms with Gasteiger partial charge in [0.25, 0.3) is 10.1 Å². The Morgan fingerprint density at radius 3 is 2.23 bits per heavy atom. The molecule has 2 unspecified atom stereocenters. The highest BCUT2D eigenvalue weighted by atomic mass is 32.2. The summed E-state index contributed by atoms with van der Waals surface area (Å²) >= 11 is -1.81. The molecule has 9 nitrogen and oxygen atoms in total. The van der Waals surface area contributed by atoms with Gasteiger partial charge < -0.3 is 14.4 Å². The second-order valence-electron chi connectivity index (χ2n) is 15.2. The van der Waals surface area contributed by atoms with Crippen molar-refractivity contribution in [2.75, 3.05) is 34.4 Å². The highest BCUT2D eigenvalue weighted by molar-refractivity contribution is 7.85. The lowest BCUT2D eigenvalue weighted by Crippen LogP contribution is -2.40. The van der Waals surface area contributed by atoms with Gasteiger partial charge in [-0.1, -0.05) is 45.9 Å². The molecule has 5 rings (SSSR count). The lowest BCUT2D eigenvalue weighted by molar-refractivity contribution is 0.470. The third kappa shape index (κ3) is 8.45. The molecule has 52 heavy (non-hydrogen) atoms. The fraction of sp³-hybridized carbons (Fsp3) is 0.463. The second-order valence-corrected chi connectivity index (χ2v) is 17.8. The van der Waals surface area contributed by atoms with E-state index in [2.05, 4.69) is 80.9 Å². The monoisotopic (exact) mass is 742 g/mol. The molecule has 0 fully saturated rings. The predicted octanol–water partition coefficient (Wildman–Crippen LogP) is 8.23. The van der Waals surface area contributed by atoms with Gasteiger partial charge in [0.2, 0.25) is 0 Å². The molecule has 2 heterocycles. The minimum atomic E-state index is -4.03. The number of unbranched alkanes of at least 4 members (excludes halogenated alkanes) is 2. The van der Waals surface area contributed by atoms with Gasteiger partial charge in [-0.2, -0.15) is 18.9 Å². The predicted molar refractivity (Wildman–Crippen MR) is 209 cm³/mol. The number of rotatable bonds is 13. The van der Waals surface area contributed by atoms with Crippen LogP contribution < -0.4 is 9.80 Å². The number of nitrogens with zero attached hydrogens (tertiary/aromatic N) is 4. The van der Waals surface area contributed by atoms with Crippen LogP contribution in [0.15, 0.2) is 83.1 Å². The molecule has 0 bridgehead atoms. The Hall–Kier alpha value is -4.00. The van der Waals surface area contributed by atoms with E-state index < -0.39 is 21.2 Å². The van der Waals surface area contributed by atoms with Gasteiger partial charge in [0.1, 0.15) is 0 Å². The van der Waals surface area contributed by atoms with E-state index in [-0.39, 0.29) is 28.4 Å². The Morgan fingerprint density at radius 1 is 0.923 bits per heavy atom. The van der Waals surface area contributed by atoms with E-state index in [0.29, 0.717) is 36.9 Å². The van der Waals surface area contributed by atoms with Crippen molar-refractivity contribution in [2.24, 2.45) is 0 Å². The van der Waals surface area contributed by atoms with Crippen molar-refractivity contribution < 1.29 is 21.7 Å². The zero-order chi connectivity index (χ0) is 37.8. The van der Waals surface area contributed by atoms with Crippen LogP contribution in [0.1, 0.15) is 102 Å². The SMILES string of the molecule is CC1=C(/C=C/C2N(CCCCS(=O)O)c3ccc(C#N)cc3C2(C)C)CCC/C1=C\C=C1\N(CCCCS(=O)(=O)O)c2ccc(C#N)cc2C1(C)C. The number of fused-ring (bicyclic) bond motifs is 2. The first-order valence-electron chi connectivity index (χ1n) is 18.0. The molecule has 0 saturated heterocycles. The van der Waals surface area contributed by atoms with Crippen LogP contribution in [0.5, 0.6) is 0 Å². The van der Waals surface area contributed by atoms with Crippen LogP contribution in [0, 0.1) is 22.7 Å². The molecule has 0 spiro atoms. The van der Waals surface area contributed by atoms with E-state index in [4.69, 9.17) is 0 Å². The van der Waals surface area contributed by atoms with E-state index >= 15 is 0 Å². The molecule has 0 saturated carbocycles. The molecule has 1 aliphatic carbocycles. The largest absolute Gasteiger partial charge is 0.364 e. The molecular weight excluding hydrogens is 693 g/mol. The highest BCUT2D eigenvalue weighted by Gasteiger charge is 2.43. The van der Waals surface area contributed by atoms with Crippen LogP contribution >= 0.6 is 0 Å². The lowest BCUT2D eigenvalue weighted by Gasteiger charge is -2.33. The van der Waals surface area contributed by atoms with Gasteiger partial charge in [-0.25, -0.2) is 4.21 Å². The summed E-state index contributed by atoms with van der Waals surface area (Å²) in [6.45, 7) is 12.3. The molecule has 276 valence electrons. The van der Waals surface area contributed by atoms with Gasteiger partial charge in [-0.3, -0.25) is 4.55 Å². The van der Waals surface area contributed by atoms with Gasteiger partial charge in [0, 0.05) is 46.7 Å². The quantitative estimate of drug-likeness (QED) is 0.118. The third-order valence-corrected chi connectivity index (χ3v) is 12.4. The number of hydrogen-bond donors (Lipinski definition) is 2. The molecule has 2 N–H and O–H groups in total. The van der Waals surface area contributed by atoms with E-state index in [1.807, 2.05) is 36.4 Å². The lowest BCUT2D eigenvalue weighted by atomic mass is 9.79. The standard InChI is InChI=1S/C41H50N4O5S2/c1-29-32(15-19-38-40(2,3)34-25-30(27-42)13-17-36(34)44(38)21-6-8-23-51(46)47)11-10-12-33(29)16-20-39-41(4,5)35-26-31(28-43)14-18-37(35)45(39)22-7-9-24-52(48,49)50/h13-20,25-26,38H,6-12,21-24H2,1-5H3,(H,46,47)(H,48,49,50)/b19-15+,33-16+,39-20+. The summed E-state index contributed by atoms with van der Waals surface area (Å²) in [5.41, 5.74) is 9.77. The molecule has 3 aliphatic rings. The first-order chi connectivity index (χ1) is 24.6. The maximum atomic E-state index is 11.4. The fourth-order valence-corrected chi connectivity index (χ4v) is 9.10. The Balaban J connectivity index is 1.45. The number of allylic oxidation sites excluding steroid dienone is 7. The Labute approximate surface area is 312 Å². The average molecular weight is 743 g/mol. The number of nitriles is 2. The first kappa shape index (κ1) is 39.2. The maximum absolute atomic E-state index is 11.4. The van der Waals surface area contributed by atoms with Gasteiger partial charge in [-0.15, -0.1) is 0 Å². The topological polar surface area (TPSA) is 146 Å². The van der Waals surface area contributed by atoms with Crippen molar-refractivity contribution in [2.45, 2.75) is 96.4 Å². The Kier molecular flexibility index (Phi) is 12.0. The van der Waals surface area contributed by atoms with Gasteiger partial charge in [-0.05, 0) is 122 Å². The Morgan fingerprint density at radius 2 is 1.58 bits per heavy atom. The van der Waals surface area contributed by atoms with Crippen LogP contribution in [0.2, 0.25) is 0 Å². The number of anilines is 2. The number of hydrogen-bond acceptors (Lipinski definition) is 7. The highest BCUT2D eigenvalue weighted by Crippen LogP contribution is 2.49. The van der Waals surface area contributed by atoms with Crippen molar-refractivity contribution in [3.8, 4) is 12.1 Å². The van der Waals surface area contributed by atoms with Gasteiger partial charge in [0.15, 0.2) is 11.1 Å². The minimum absolute atomic E-state index is 0.0401. The first-order valence-corrected chi connectivity index (χ1v) is 20.9. The zero-order valence-electron chi connectivity index (χ0n) is 30.9. The van der Waals surface area contributed by atoms with Gasteiger partial charge in [0.05, 0.1) is 35.1 Å². The van der Waals surface area contributed by atoms with E-state index in [0.717, 1.165) is 60.4 Å². The third-order valence-electron chi connectivity index (χ3n) is 11.0. The smallest absolute Gasteiger partial charge is 0.264 e. The zero-order valence-corrected chi connectivity index (χ0v) is 32.5. The van der Waals surface area contributed by atoms with E-state index in [9.17, 15) is 32.3 Å². The van der Waals surface area contributed by atoms with Crippen molar-refractivity contribution in [3.05, 3.63) is 105 Å². The van der Waals surface area contributed by atoms with Crippen molar-refractivity contribution in [1.29, 1.82) is 10.5 Å². The van der Waals surface area contributed by atoms with Crippen LogP contribution in [-0.2, 0) is 32.0 Å². The summed E-state index contributed by atoms with van der Waals surface area (Å²) in [4.78, 5) is 4.61. The summed E-state index contributed by atoms with van der Waals surface area (Å²) in [6, 6.07) is 16.2. The summed E-state index contributed by atoms with van der Waals surface area (Å²) in [5.74, 6) is -0.0201. The molecular formula is C41H50N4O5S2. The van der Waals surface area contributed by atoms with Crippen molar-refractivity contribution >= 4 is 32.6 Å². The fourth-order valence-electron chi connectivity index (χ4n) is 8.08. The van der Waals surface area contributed by atoms with E-state index in [1.54, 1.807) is 0 Å². The summed E-state index contributed by atoms with van der Waals surface area (Å²) in [7, 11) is -4.03. The normalized spacial score (nSPS) is 21.4. The molecule has 0 aromatic heterocycles. The molecule has 2 aliphatic heterocycles. The van der Waals surface area contributed by atoms with Gasteiger partial charge >= 0.3 is 0 Å². The molecule has 0 radical (unpaired) electrons. The van der Waals surface area contributed by atoms with Crippen LogP contribution in [0.4, 0.5) is 11.4 Å². The van der Waals surface area contributed by atoms with Crippen LogP contribution in [-0.4, -0.2) is 52.4 Å². The van der Waals surface area contributed by atoms with Crippen LogP contribution in [0.3, 0.4) is 0 Å². The molecule has 0 amide bonds. The second kappa shape index (κ2) is 15.9. The average Bonchev–Trinajstić information content (AvgIpc) is 3.44. The summed E-state index contributed by atoms with van der Waals surface area (Å²) in [6.07, 6.45) is 14.3. The molecule has 11 heteroatoms. The summed E-state index contributed by atoms with van der Waals surface area (Å²) in [5, 5.41) is 19.3. The maximum Gasteiger partial charge on any atom is 0.264 e. The van der Waals surface area contributed by atoms with Crippen LogP contribution in [0.25, 0.3) is 0 Å².